The molecule has 0 amide bonds. The van der Waals surface area contributed by atoms with E-state index in [1.165, 1.54) is 12.8 Å². The van der Waals surface area contributed by atoms with Crippen molar-refractivity contribution in [1.82, 2.24) is 10.6 Å². The van der Waals surface area contributed by atoms with Gasteiger partial charge in [-0.3, -0.25) is 0 Å². The van der Waals surface area contributed by atoms with E-state index in [0.29, 0.717) is 18.2 Å². The zero-order valence-electron chi connectivity index (χ0n) is 10.8. The van der Waals surface area contributed by atoms with Crippen LogP contribution in [0.3, 0.4) is 0 Å². The Bertz CT molecular complexity index is 178. The molecular weight excluding hydrogens is 204 g/mol. The van der Waals surface area contributed by atoms with Crippen molar-refractivity contribution in [2.24, 2.45) is 0 Å². The van der Waals surface area contributed by atoms with Crippen LogP contribution in [-0.2, 0) is 9.47 Å². The smallest absolute Gasteiger partial charge is 0.0704 e. The normalized spacial score (nSPS) is 27.2. The molecule has 1 rings (SSSR count). The first-order valence-corrected chi connectivity index (χ1v) is 6.31. The summed E-state index contributed by atoms with van der Waals surface area (Å²) in [5.74, 6) is 0. The molecule has 3 unspecified atom stereocenters. The zero-order chi connectivity index (χ0) is 11.8. The van der Waals surface area contributed by atoms with Crippen LogP contribution in [0, 0.1) is 0 Å². The summed E-state index contributed by atoms with van der Waals surface area (Å²) in [6, 6.07) is 0.483. The van der Waals surface area contributed by atoms with E-state index in [1.807, 2.05) is 0 Å². The lowest BCUT2D eigenvalue weighted by Crippen LogP contribution is -2.40. The maximum Gasteiger partial charge on any atom is 0.0704 e. The van der Waals surface area contributed by atoms with Gasteiger partial charge in [0, 0.05) is 32.8 Å². The van der Waals surface area contributed by atoms with Gasteiger partial charge in [-0.15, -0.1) is 0 Å². The molecule has 0 aromatic carbocycles. The van der Waals surface area contributed by atoms with Gasteiger partial charge in [0.15, 0.2) is 0 Å². The van der Waals surface area contributed by atoms with Gasteiger partial charge in [-0.2, -0.15) is 0 Å². The lowest BCUT2D eigenvalue weighted by atomic mass is 10.2. The molecule has 4 nitrogen and oxygen atoms in total. The number of hydrogen-bond donors (Lipinski definition) is 2. The zero-order valence-corrected chi connectivity index (χ0v) is 10.8. The summed E-state index contributed by atoms with van der Waals surface area (Å²) in [6.45, 7) is 7.98. The van der Waals surface area contributed by atoms with E-state index in [1.54, 1.807) is 7.11 Å². The molecule has 16 heavy (non-hydrogen) atoms. The van der Waals surface area contributed by atoms with Crippen LogP contribution in [0.5, 0.6) is 0 Å². The van der Waals surface area contributed by atoms with Crippen LogP contribution in [0.4, 0.5) is 0 Å². The molecule has 0 radical (unpaired) electrons. The topological polar surface area (TPSA) is 42.5 Å². The van der Waals surface area contributed by atoms with Crippen molar-refractivity contribution in [2.45, 2.75) is 44.9 Å². The number of ether oxygens (including phenoxy) is 2. The fourth-order valence-electron chi connectivity index (χ4n) is 1.93. The molecule has 96 valence electrons. The van der Waals surface area contributed by atoms with Gasteiger partial charge >= 0.3 is 0 Å². The van der Waals surface area contributed by atoms with Crippen molar-refractivity contribution >= 4 is 0 Å². The molecule has 1 aliphatic rings. The fraction of sp³-hybridized carbons (Fsp3) is 1.00. The van der Waals surface area contributed by atoms with Gasteiger partial charge in [0.2, 0.25) is 0 Å². The van der Waals surface area contributed by atoms with Crippen LogP contribution in [0.25, 0.3) is 0 Å². The first-order valence-electron chi connectivity index (χ1n) is 6.31. The average molecular weight is 230 g/mol. The lowest BCUT2D eigenvalue weighted by molar-refractivity contribution is 0.0546. The maximum atomic E-state index is 5.75. The number of hydrogen-bond acceptors (Lipinski definition) is 4. The predicted molar refractivity (Wildman–Crippen MR) is 65.8 cm³/mol. The van der Waals surface area contributed by atoms with E-state index in [0.717, 1.165) is 26.2 Å². The Morgan fingerprint density at radius 3 is 2.88 bits per heavy atom. The van der Waals surface area contributed by atoms with Gasteiger partial charge in [0.25, 0.3) is 0 Å². The SMILES string of the molecule is COCCNCC(C)NCC1CCC(C)O1. The second-order valence-electron chi connectivity index (χ2n) is 4.65. The van der Waals surface area contributed by atoms with Gasteiger partial charge < -0.3 is 20.1 Å². The van der Waals surface area contributed by atoms with Gasteiger partial charge in [-0.25, -0.2) is 0 Å². The van der Waals surface area contributed by atoms with Crippen LogP contribution < -0.4 is 10.6 Å². The molecular formula is C12H26N2O2. The largest absolute Gasteiger partial charge is 0.383 e. The summed E-state index contributed by atoms with van der Waals surface area (Å²) in [4.78, 5) is 0. The third-order valence-corrected chi connectivity index (χ3v) is 2.95. The Hall–Kier alpha value is -0.160. The highest BCUT2D eigenvalue weighted by Crippen LogP contribution is 2.18. The number of rotatable bonds is 8. The Balaban J connectivity index is 1.95. The third kappa shape index (κ3) is 5.80. The minimum absolute atomic E-state index is 0.413. The van der Waals surface area contributed by atoms with Crippen LogP contribution in [0.15, 0.2) is 0 Å². The van der Waals surface area contributed by atoms with E-state index < -0.39 is 0 Å². The molecule has 4 heteroatoms. The lowest BCUT2D eigenvalue weighted by Gasteiger charge is -2.18. The van der Waals surface area contributed by atoms with E-state index >= 15 is 0 Å². The summed E-state index contributed by atoms with van der Waals surface area (Å²) >= 11 is 0. The summed E-state index contributed by atoms with van der Waals surface area (Å²) in [6.07, 6.45) is 3.25. The summed E-state index contributed by atoms with van der Waals surface area (Å²) in [5, 5.41) is 6.84. The van der Waals surface area contributed by atoms with Crippen molar-refractivity contribution in [3.63, 3.8) is 0 Å². The molecule has 1 saturated heterocycles. The highest BCUT2D eigenvalue weighted by atomic mass is 16.5. The summed E-state index contributed by atoms with van der Waals surface area (Å²) in [5.41, 5.74) is 0. The van der Waals surface area contributed by atoms with E-state index in [4.69, 9.17) is 9.47 Å². The molecule has 1 aliphatic heterocycles. The molecule has 0 aliphatic carbocycles. The van der Waals surface area contributed by atoms with Gasteiger partial charge in [-0.05, 0) is 26.7 Å². The maximum absolute atomic E-state index is 5.75. The molecule has 1 fully saturated rings. The second kappa shape index (κ2) is 8.01. The standard InChI is InChI=1S/C12H26N2O2/c1-10(8-13-6-7-15-3)14-9-12-5-4-11(2)16-12/h10-14H,4-9H2,1-3H3. The van der Waals surface area contributed by atoms with Crippen molar-refractivity contribution in [1.29, 1.82) is 0 Å². The molecule has 0 aromatic heterocycles. The molecule has 0 spiro atoms. The van der Waals surface area contributed by atoms with Crippen LogP contribution in [0.1, 0.15) is 26.7 Å². The van der Waals surface area contributed by atoms with Crippen molar-refractivity contribution < 1.29 is 9.47 Å². The minimum Gasteiger partial charge on any atom is -0.383 e. The van der Waals surface area contributed by atoms with Crippen molar-refractivity contribution in [3.05, 3.63) is 0 Å². The molecule has 0 bridgehead atoms. The first-order chi connectivity index (χ1) is 7.72. The van der Waals surface area contributed by atoms with Crippen LogP contribution in [0.2, 0.25) is 0 Å². The Labute approximate surface area is 99.1 Å². The molecule has 1 heterocycles. The molecule has 0 aromatic rings. The average Bonchev–Trinajstić information content (AvgIpc) is 2.68. The molecule has 0 saturated carbocycles. The monoisotopic (exact) mass is 230 g/mol. The van der Waals surface area contributed by atoms with Crippen LogP contribution >= 0.6 is 0 Å². The van der Waals surface area contributed by atoms with Crippen molar-refractivity contribution in [3.8, 4) is 0 Å². The quantitative estimate of drug-likeness (QED) is 0.604. The number of nitrogens with one attached hydrogen (secondary N) is 2. The summed E-state index contributed by atoms with van der Waals surface area (Å²) in [7, 11) is 1.72. The number of methoxy groups -OCH3 is 1. The summed E-state index contributed by atoms with van der Waals surface area (Å²) < 4.78 is 10.7. The predicted octanol–water partition coefficient (Wildman–Crippen LogP) is 0.768. The van der Waals surface area contributed by atoms with Gasteiger partial charge in [0.1, 0.15) is 0 Å². The van der Waals surface area contributed by atoms with E-state index in [-0.39, 0.29) is 0 Å². The van der Waals surface area contributed by atoms with Gasteiger partial charge in [-0.1, -0.05) is 0 Å². The second-order valence-corrected chi connectivity index (χ2v) is 4.65. The van der Waals surface area contributed by atoms with Crippen molar-refractivity contribution in [2.75, 3.05) is 33.4 Å². The Morgan fingerprint density at radius 2 is 2.25 bits per heavy atom. The fourth-order valence-corrected chi connectivity index (χ4v) is 1.93. The van der Waals surface area contributed by atoms with Crippen LogP contribution in [-0.4, -0.2) is 51.6 Å². The highest BCUT2D eigenvalue weighted by molar-refractivity contribution is 4.74. The van der Waals surface area contributed by atoms with E-state index in [2.05, 4.69) is 24.5 Å². The highest BCUT2D eigenvalue weighted by Gasteiger charge is 2.21. The Morgan fingerprint density at radius 1 is 1.44 bits per heavy atom. The third-order valence-electron chi connectivity index (χ3n) is 2.95. The Kier molecular flexibility index (Phi) is 6.96. The minimum atomic E-state index is 0.413. The van der Waals surface area contributed by atoms with E-state index in [9.17, 15) is 0 Å². The van der Waals surface area contributed by atoms with Gasteiger partial charge in [0.05, 0.1) is 18.8 Å². The first kappa shape index (κ1) is 13.9. The molecule has 3 atom stereocenters. The molecule has 2 N–H and O–H groups in total.